The number of ether oxygens (including phenoxy) is 3. The molecule has 0 amide bonds. The van der Waals surface area contributed by atoms with Crippen LogP contribution in [-0.4, -0.2) is 80.6 Å². The molecule has 1 saturated heterocycles. The lowest BCUT2D eigenvalue weighted by Gasteiger charge is -2.38. The van der Waals surface area contributed by atoms with Crippen LogP contribution in [0.5, 0.6) is 11.5 Å². The molecule has 0 unspecified atom stereocenters. The molecule has 228 valence electrons. The summed E-state index contributed by atoms with van der Waals surface area (Å²) in [4.78, 5) is 11.0. The van der Waals surface area contributed by atoms with Gasteiger partial charge in [-0.05, 0) is 69.8 Å². The van der Waals surface area contributed by atoms with E-state index in [-0.39, 0.29) is 16.9 Å². The van der Waals surface area contributed by atoms with E-state index in [0.717, 1.165) is 19.6 Å². The molecule has 5 rings (SSSR count). The van der Waals surface area contributed by atoms with Crippen LogP contribution in [0.3, 0.4) is 0 Å². The molecule has 0 radical (unpaired) electrons. The molecule has 0 atom stereocenters. The Balaban J connectivity index is 1.22. The van der Waals surface area contributed by atoms with Crippen molar-refractivity contribution in [3.8, 4) is 11.5 Å². The molecule has 1 aliphatic carbocycles. The van der Waals surface area contributed by atoms with Crippen molar-refractivity contribution < 1.29 is 27.0 Å². The molecule has 3 aromatic rings. The molecule has 1 saturated carbocycles. The standard InChI is InChI=1S/C29H37ClFN5O5S/c1-29(35-42(37,38)15-3-10-36-11-13-40-14-12-36)8-6-21(7-9-29)41-27-17-22-25(18-26(27)39-2)32-19-33-28(22)34-20-4-5-24(31)23(30)16-20/h4-5,16-19,21,35H,3,6-15H2,1-2H3,(H,32,33,34)/t21-,29-. The first-order valence-corrected chi connectivity index (χ1v) is 16.2. The van der Waals surface area contributed by atoms with Crippen molar-refractivity contribution in [1.29, 1.82) is 0 Å². The van der Waals surface area contributed by atoms with Crippen molar-refractivity contribution in [2.24, 2.45) is 0 Å². The average molecular weight is 622 g/mol. The summed E-state index contributed by atoms with van der Waals surface area (Å²) >= 11 is 5.95. The summed E-state index contributed by atoms with van der Waals surface area (Å²) in [6.45, 7) is 5.83. The number of aromatic nitrogens is 2. The molecule has 2 aliphatic rings. The summed E-state index contributed by atoms with van der Waals surface area (Å²) in [5.74, 6) is 1.19. The first-order valence-electron chi connectivity index (χ1n) is 14.2. The Hall–Kier alpha value is -2.77. The largest absolute Gasteiger partial charge is 0.493 e. The SMILES string of the molecule is COc1cc2ncnc(Nc3ccc(F)c(Cl)c3)c2cc1O[C@H]1CC[C@](C)(NS(=O)(=O)CCCN2CCOCC2)CC1. The molecule has 2 N–H and O–H groups in total. The van der Waals surface area contributed by atoms with Crippen molar-refractivity contribution in [1.82, 2.24) is 19.6 Å². The zero-order valence-corrected chi connectivity index (χ0v) is 25.4. The van der Waals surface area contributed by atoms with Gasteiger partial charge in [-0.15, -0.1) is 0 Å². The maximum absolute atomic E-state index is 13.6. The molecule has 0 bridgehead atoms. The van der Waals surface area contributed by atoms with E-state index in [0.29, 0.717) is 79.2 Å². The second kappa shape index (κ2) is 13.3. The van der Waals surface area contributed by atoms with Crippen LogP contribution >= 0.6 is 11.6 Å². The number of halogens is 2. The second-order valence-corrected chi connectivity index (χ2v) is 13.4. The maximum atomic E-state index is 13.6. The Kier molecular flexibility index (Phi) is 9.68. The number of rotatable bonds is 11. The molecule has 10 nitrogen and oxygen atoms in total. The number of benzene rings is 2. The highest BCUT2D eigenvalue weighted by Crippen LogP contribution is 2.38. The maximum Gasteiger partial charge on any atom is 0.212 e. The second-order valence-electron chi connectivity index (χ2n) is 11.1. The van der Waals surface area contributed by atoms with Gasteiger partial charge in [0.1, 0.15) is 18.0 Å². The van der Waals surface area contributed by atoms with E-state index in [1.807, 2.05) is 13.0 Å². The zero-order valence-electron chi connectivity index (χ0n) is 23.9. The van der Waals surface area contributed by atoms with E-state index in [2.05, 4.69) is 24.9 Å². The molecule has 1 aromatic heterocycles. The van der Waals surface area contributed by atoms with Crippen LogP contribution in [0.1, 0.15) is 39.0 Å². The van der Waals surface area contributed by atoms with Crippen LogP contribution in [0, 0.1) is 5.82 Å². The van der Waals surface area contributed by atoms with Crippen molar-refractivity contribution in [2.75, 3.05) is 51.0 Å². The summed E-state index contributed by atoms with van der Waals surface area (Å²) in [7, 11) is -1.84. The molecular formula is C29H37ClFN5O5S. The van der Waals surface area contributed by atoms with E-state index in [1.54, 1.807) is 19.2 Å². The van der Waals surface area contributed by atoms with Crippen LogP contribution in [0.15, 0.2) is 36.7 Å². The van der Waals surface area contributed by atoms with Gasteiger partial charge >= 0.3 is 0 Å². The number of methoxy groups -OCH3 is 1. The normalized spacial score (nSPS) is 21.8. The molecule has 1 aliphatic heterocycles. The van der Waals surface area contributed by atoms with Gasteiger partial charge in [0.15, 0.2) is 11.5 Å². The zero-order chi connectivity index (χ0) is 29.7. The third-order valence-electron chi connectivity index (χ3n) is 7.83. The first kappa shape index (κ1) is 30.7. The van der Waals surface area contributed by atoms with Gasteiger partial charge in [-0.3, -0.25) is 4.90 Å². The van der Waals surface area contributed by atoms with Crippen LogP contribution in [0.4, 0.5) is 15.9 Å². The Morgan fingerprint density at radius 1 is 1.14 bits per heavy atom. The van der Waals surface area contributed by atoms with Crippen molar-refractivity contribution in [3.05, 3.63) is 47.5 Å². The summed E-state index contributed by atoms with van der Waals surface area (Å²) in [6, 6.07) is 7.96. The van der Waals surface area contributed by atoms with Crippen molar-refractivity contribution in [2.45, 2.75) is 50.7 Å². The van der Waals surface area contributed by atoms with E-state index < -0.39 is 21.4 Å². The van der Waals surface area contributed by atoms with E-state index in [9.17, 15) is 12.8 Å². The summed E-state index contributed by atoms with van der Waals surface area (Å²) in [6.07, 6.45) is 4.56. The van der Waals surface area contributed by atoms with Gasteiger partial charge in [0.05, 0.1) is 42.7 Å². The van der Waals surface area contributed by atoms with Crippen LogP contribution in [0.25, 0.3) is 10.9 Å². The Bertz CT molecular complexity index is 1500. The molecule has 13 heteroatoms. The van der Waals surface area contributed by atoms with Gasteiger partial charge in [-0.1, -0.05) is 11.6 Å². The van der Waals surface area contributed by atoms with Gasteiger partial charge in [0.2, 0.25) is 10.0 Å². The predicted molar refractivity (Wildman–Crippen MR) is 161 cm³/mol. The number of sulfonamides is 1. The van der Waals surface area contributed by atoms with Gasteiger partial charge in [-0.2, -0.15) is 0 Å². The number of nitrogens with zero attached hydrogens (tertiary/aromatic N) is 3. The topological polar surface area (TPSA) is 115 Å². The fourth-order valence-corrected chi connectivity index (χ4v) is 7.23. The minimum atomic E-state index is -3.41. The fourth-order valence-electron chi connectivity index (χ4n) is 5.48. The van der Waals surface area contributed by atoms with E-state index in [4.69, 9.17) is 25.8 Å². The van der Waals surface area contributed by atoms with Gasteiger partial charge in [0, 0.05) is 35.8 Å². The minimum Gasteiger partial charge on any atom is -0.493 e. The quantitative estimate of drug-likeness (QED) is 0.309. The van der Waals surface area contributed by atoms with Crippen LogP contribution in [0.2, 0.25) is 5.02 Å². The highest BCUT2D eigenvalue weighted by Gasteiger charge is 2.35. The highest BCUT2D eigenvalue weighted by molar-refractivity contribution is 7.89. The van der Waals surface area contributed by atoms with Crippen molar-refractivity contribution in [3.63, 3.8) is 0 Å². The molecule has 42 heavy (non-hydrogen) atoms. The Morgan fingerprint density at radius 3 is 2.62 bits per heavy atom. The van der Waals surface area contributed by atoms with Crippen molar-refractivity contribution >= 4 is 44.0 Å². The number of hydrogen-bond acceptors (Lipinski definition) is 9. The predicted octanol–water partition coefficient (Wildman–Crippen LogP) is 4.90. The minimum absolute atomic E-state index is 0.00336. The smallest absolute Gasteiger partial charge is 0.212 e. The molecule has 2 heterocycles. The Labute approximate surface area is 251 Å². The first-order chi connectivity index (χ1) is 20.1. The number of hydrogen-bond donors (Lipinski definition) is 2. The fraction of sp³-hybridized carbons (Fsp3) is 0.517. The van der Waals surface area contributed by atoms with Gasteiger partial charge < -0.3 is 19.5 Å². The molecule has 0 spiro atoms. The Morgan fingerprint density at radius 2 is 1.90 bits per heavy atom. The van der Waals surface area contributed by atoms with Gasteiger partial charge in [0.25, 0.3) is 0 Å². The summed E-state index contributed by atoms with van der Waals surface area (Å²) in [5.41, 5.74) is 0.700. The third-order valence-corrected chi connectivity index (χ3v) is 9.75. The lowest BCUT2D eigenvalue weighted by Crippen LogP contribution is -2.50. The highest BCUT2D eigenvalue weighted by atomic mass is 35.5. The number of fused-ring (bicyclic) bond motifs is 1. The van der Waals surface area contributed by atoms with Crippen LogP contribution < -0.4 is 19.5 Å². The molecule has 2 aromatic carbocycles. The van der Waals surface area contributed by atoms with Gasteiger partial charge in [-0.25, -0.2) is 27.5 Å². The van der Waals surface area contributed by atoms with Crippen LogP contribution in [-0.2, 0) is 14.8 Å². The van der Waals surface area contributed by atoms with E-state index >= 15 is 0 Å². The monoisotopic (exact) mass is 621 g/mol. The summed E-state index contributed by atoms with van der Waals surface area (Å²) in [5, 5.41) is 3.87. The average Bonchev–Trinajstić information content (AvgIpc) is 2.96. The number of morpholine rings is 1. The third kappa shape index (κ3) is 7.78. The molecular weight excluding hydrogens is 585 g/mol. The molecule has 2 fully saturated rings. The number of anilines is 2. The number of nitrogens with one attached hydrogen (secondary N) is 2. The summed E-state index contributed by atoms with van der Waals surface area (Å²) < 4.78 is 59.7. The lowest BCUT2D eigenvalue weighted by atomic mass is 9.83. The lowest BCUT2D eigenvalue weighted by molar-refractivity contribution is 0.0380. The van der Waals surface area contributed by atoms with E-state index in [1.165, 1.54) is 18.5 Å².